The van der Waals surface area contributed by atoms with Crippen molar-refractivity contribution >= 4 is 17.3 Å². The Labute approximate surface area is 87.8 Å². The molecule has 1 amide bonds. The van der Waals surface area contributed by atoms with Gasteiger partial charge in [-0.1, -0.05) is 5.57 Å². The third-order valence-corrected chi connectivity index (χ3v) is 1.68. The van der Waals surface area contributed by atoms with E-state index in [-0.39, 0.29) is 11.6 Å². The molecular weight excluding hydrogens is 195 g/mol. The number of anilines is 2. The number of halogens is 1. The molecule has 15 heavy (non-hydrogen) atoms. The summed E-state index contributed by atoms with van der Waals surface area (Å²) in [6, 6.07) is 4.06. The minimum atomic E-state index is -0.491. The number of amides is 1. The largest absolute Gasteiger partial charge is 0.396 e. The quantitative estimate of drug-likeness (QED) is 0.578. The van der Waals surface area contributed by atoms with E-state index in [1.165, 1.54) is 24.3 Å². The third kappa shape index (κ3) is 3.42. The maximum absolute atomic E-state index is 12.8. The van der Waals surface area contributed by atoms with Crippen LogP contribution >= 0.6 is 0 Å². The van der Waals surface area contributed by atoms with Crippen molar-refractivity contribution in [3.63, 3.8) is 0 Å². The number of carbonyl (C=O) groups excluding carboxylic acids is 1. The summed E-state index contributed by atoms with van der Waals surface area (Å²) in [7, 11) is 0. The molecule has 1 aromatic rings. The van der Waals surface area contributed by atoms with Crippen molar-refractivity contribution in [2.24, 2.45) is 0 Å². The summed E-state index contributed by atoms with van der Waals surface area (Å²) in [4.78, 5) is 11.3. The third-order valence-electron chi connectivity index (χ3n) is 1.68. The monoisotopic (exact) mass is 208 g/mol. The van der Waals surface area contributed by atoms with Crippen molar-refractivity contribution in [2.75, 3.05) is 11.1 Å². The molecule has 0 atom stereocenters. The zero-order valence-electron chi connectivity index (χ0n) is 8.67. The molecule has 0 aliphatic rings. The molecule has 4 heteroatoms. The van der Waals surface area contributed by atoms with Crippen molar-refractivity contribution in [1.29, 1.82) is 0 Å². The lowest BCUT2D eigenvalue weighted by molar-refractivity contribution is -0.111. The Hall–Kier alpha value is -1.84. The summed E-state index contributed by atoms with van der Waals surface area (Å²) in [6.45, 7) is 3.64. The molecule has 1 aromatic carbocycles. The number of carbonyl (C=O) groups is 1. The summed E-state index contributed by atoms with van der Waals surface area (Å²) in [5.74, 6) is -0.740. The molecule has 0 unspecified atom stereocenters. The summed E-state index contributed by atoms with van der Waals surface area (Å²) in [5.41, 5.74) is 6.75. The molecule has 3 N–H and O–H groups in total. The molecule has 0 fully saturated rings. The molecule has 0 spiro atoms. The van der Waals surface area contributed by atoms with Gasteiger partial charge in [0, 0.05) is 11.8 Å². The van der Waals surface area contributed by atoms with Crippen LogP contribution in [0.4, 0.5) is 15.8 Å². The van der Waals surface area contributed by atoms with Crippen LogP contribution < -0.4 is 11.1 Å². The first-order valence-corrected chi connectivity index (χ1v) is 4.50. The first-order valence-electron chi connectivity index (χ1n) is 4.50. The van der Waals surface area contributed by atoms with Crippen LogP contribution in [0.5, 0.6) is 0 Å². The van der Waals surface area contributed by atoms with Gasteiger partial charge in [0.15, 0.2) is 0 Å². The van der Waals surface area contributed by atoms with Gasteiger partial charge in [0.2, 0.25) is 5.91 Å². The van der Waals surface area contributed by atoms with Crippen LogP contribution in [0.25, 0.3) is 0 Å². The Kier molecular flexibility index (Phi) is 3.44. The number of hydrogen-bond acceptors (Lipinski definition) is 2. The average Bonchev–Trinajstić information content (AvgIpc) is 2.10. The van der Waals surface area contributed by atoms with Crippen LogP contribution in [0.2, 0.25) is 0 Å². The second-order valence-electron chi connectivity index (χ2n) is 3.45. The Bertz CT molecular complexity index is 409. The van der Waals surface area contributed by atoms with Crippen LogP contribution in [0.1, 0.15) is 13.8 Å². The Morgan fingerprint density at radius 3 is 2.67 bits per heavy atom. The average molecular weight is 208 g/mol. The fourth-order valence-corrected chi connectivity index (χ4v) is 1.06. The molecule has 0 bridgehead atoms. The van der Waals surface area contributed by atoms with E-state index in [4.69, 9.17) is 5.73 Å². The second-order valence-corrected chi connectivity index (χ2v) is 3.45. The maximum atomic E-state index is 12.8. The number of nitrogens with two attached hydrogens (primary N) is 1. The number of hydrogen-bond donors (Lipinski definition) is 2. The van der Waals surface area contributed by atoms with Gasteiger partial charge in [0.1, 0.15) is 5.82 Å². The predicted octanol–water partition coefficient (Wildman–Crippen LogP) is 2.31. The molecule has 0 saturated carbocycles. The zero-order valence-corrected chi connectivity index (χ0v) is 8.67. The standard InChI is InChI=1S/C11H13FN2O/c1-7(2)5-11(15)14-8-3-4-9(12)10(13)6-8/h3-6H,13H2,1-2H3,(H,14,15). The molecule has 0 saturated heterocycles. The lowest BCUT2D eigenvalue weighted by atomic mass is 10.2. The highest BCUT2D eigenvalue weighted by molar-refractivity contribution is 5.99. The van der Waals surface area contributed by atoms with Gasteiger partial charge >= 0.3 is 0 Å². The zero-order chi connectivity index (χ0) is 11.4. The van der Waals surface area contributed by atoms with Crippen LogP contribution in [0, 0.1) is 5.82 Å². The molecule has 0 aliphatic carbocycles. The van der Waals surface area contributed by atoms with Gasteiger partial charge in [0.25, 0.3) is 0 Å². The van der Waals surface area contributed by atoms with E-state index in [0.717, 1.165) is 5.57 Å². The minimum absolute atomic E-state index is 0.0185. The van der Waals surface area contributed by atoms with Gasteiger partial charge in [-0.2, -0.15) is 0 Å². The van der Waals surface area contributed by atoms with Crippen molar-refractivity contribution < 1.29 is 9.18 Å². The highest BCUT2D eigenvalue weighted by atomic mass is 19.1. The first kappa shape index (κ1) is 11.2. The summed E-state index contributed by atoms with van der Waals surface area (Å²) in [5, 5.41) is 2.58. The normalized spacial score (nSPS) is 9.53. The predicted molar refractivity (Wildman–Crippen MR) is 58.9 cm³/mol. The van der Waals surface area contributed by atoms with Gasteiger partial charge in [-0.3, -0.25) is 4.79 Å². The second kappa shape index (κ2) is 4.59. The number of nitrogens with one attached hydrogen (secondary N) is 1. The lowest BCUT2D eigenvalue weighted by Gasteiger charge is -2.04. The Morgan fingerprint density at radius 2 is 2.13 bits per heavy atom. The summed E-state index contributed by atoms with van der Waals surface area (Å²) in [6.07, 6.45) is 1.46. The SMILES string of the molecule is CC(C)=CC(=O)Nc1ccc(F)c(N)c1. The Morgan fingerprint density at radius 1 is 1.47 bits per heavy atom. The molecular formula is C11H13FN2O. The number of nitrogen functional groups attached to an aromatic ring is 1. The molecule has 3 nitrogen and oxygen atoms in total. The number of rotatable bonds is 2. The van der Waals surface area contributed by atoms with Crippen molar-refractivity contribution in [1.82, 2.24) is 0 Å². The van der Waals surface area contributed by atoms with E-state index in [1.807, 2.05) is 13.8 Å². The fourth-order valence-electron chi connectivity index (χ4n) is 1.06. The van der Waals surface area contributed by atoms with Gasteiger partial charge in [-0.05, 0) is 32.0 Å². The van der Waals surface area contributed by atoms with Crippen LogP contribution in [-0.2, 0) is 4.79 Å². The highest BCUT2D eigenvalue weighted by Gasteiger charge is 2.01. The van der Waals surface area contributed by atoms with E-state index < -0.39 is 5.82 Å². The van der Waals surface area contributed by atoms with Crippen molar-refractivity contribution in [3.8, 4) is 0 Å². The summed E-state index contributed by atoms with van der Waals surface area (Å²) < 4.78 is 12.8. The molecule has 80 valence electrons. The smallest absolute Gasteiger partial charge is 0.248 e. The highest BCUT2D eigenvalue weighted by Crippen LogP contribution is 2.16. The van der Waals surface area contributed by atoms with E-state index >= 15 is 0 Å². The molecule has 0 radical (unpaired) electrons. The van der Waals surface area contributed by atoms with Gasteiger partial charge in [-0.25, -0.2) is 4.39 Å². The number of benzene rings is 1. The molecule has 0 aromatic heterocycles. The molecule has 1 rings (SSSR count). The van der Waals surface area contributed by atoms with Crippen molar-refractivity contribution in [2.45, 2.75) is 13.8 Å². The van der Waals surface area contributed by atoms with Crippen LogP contribution in [0.15, 0.2) is 29.8 Å². The minimum Gasteiger partial charge on any atom is -0.396 e. The topological polar surface area (TPSA) is 55.1 Å². The van der Waals surface area contributed by atoms with E-state index in [1.54, 1.807) is 0 Å². The van der Waals surface area contributed by atoms with Gasteiger partial charge in [-0.15, -0.1) is 0 Å². The van der Waals surface area contributed by atoms with Gasteiger partial charge in [0.05, 0.1) is 5.69 Å². The van der Waals surface area contributed by atoms with E-state index in [2.05, 4.69) is 5.32 Å². The Balaban J connectivity index is 2.78. The lowest BCUT2D eigenvalue weighted by Crippen LogP contribution is -2.08. The van der Waals surface area contributed by atoms with Crippen LogP contribution in [-0.4, -0.2) is 5.91 Å². The molecule has 0 heterocycles. The van der Waals surface area contributed by atoms with Crippen molar-refractivity contribution in [3.05, 3.63) is 35.7 Å². The maximum Gasteiger partial charge on any atom is 0.248 e. The van der Waals surface area contributed by atoms with E-state index in [9.17, 15) is 9.18 Å². The molecule has 0 aliphatic heterocycles. The van der Waals surface area contributed by atoms with E-state index in [0.29, 0.717) is 5.69 Å². The van der Waals surface area contributed by atoms with Gasteiger partial charge < -0.3 is 11.1 Å². The first-order chi connectivity index (χ1) is 6.99. The van der Waals surface area contributed by atoms with Crippen LogP contribution in [0.3, 0.4) is 0 Å². The number of allylic oxidation sites excluding steroid dienone is 1. The fraction of sp³-hybridized carbons (Fsp3) is 0.182. The summed E-state index contributed by atoms with van der Waals surface area (Å²) >= 11 is 0.